The minimum atomic E-state index is -4.41. The fraction of sp³-hybridized carbons (Fsp3) is 0.192. The Kier molecular flexibility index (Phi) is 6.58. The molecule has 0 saturated heterocycles. The van der Waals surface area contributed by atoms with Gasteiger partial charge in [0.15, 0.2) is 5.69 Å². The predicted octanol–water partition coefficient (Wildman–Crippen LogP) is 5.78. The van der Waals surface area contributed by atoms with E-state index in [1.54, 1.807) is 58.2 Å². The number of rotatable bonds is 6. The number of pyridine rings is 1. The number of likely N-dealkylation sites (N-methyl/N-ethyl adjacent to an activating group) is 1. The molecule has 0 atom stereocenters. The number of aromatic nitrogens is 2. The Labute approximate surface area is 200 Å². The van der Waals surface area contributed by atoms with E-state index >= 15 is 0 Å². The van der Waals surface area contributed by atoms with Crippen molar-refractivity contribution in [1.29, 1.82) is 0 Å². The van der Waals surface area contributed by atoms with Gasteiger partial charge in [-0.2, -0.15) is 18.3 Å². The second kappa shape index (κ2) is 9.60. The maximum Gasteiger partial charge on any atom is 0.416 e. The summed E-state index contributed by atoms with van der Waals surface area (Å²) >= 11 is 0. The van der Waals surface area contributed by atoms with Crippen LogP contribution in [0, 0.1) is 6.57 Å². The Bertz CT molecular complexity index is 1380. The molecule has 0 unspecified atom stereocenters. The largest absolute Gasteiger partial charge is 0.416 e. The molecule has 0 bridgehead atoms. The van der Waals surface area contributed by atoms with E-state index in [9.17, 15) is 18.0 Å². The highest BCUT2D eigenvalue weighted by atomic mass is 19.4. The molecule has 2 aromatic heterocycles. The number of hydrogen-bond acceptors (Lipinski definition) is 3. The van der Waals surface area contributed by atoms with Gasteiger partial charge < -0.3 is 9.80 Å². The number of carbonyl (C=O) groups excluding carboxylic acids is 1. The second-order valence-electron chi connectivity index (χ2n) is 8.27. The van der Waals surface area contributed by atoms with Crippen LogP contribution in [0.4, 0.5) is 24.5 Å². The molecule has 0 spiro atoms. The Hall–Kier alpha value is -4.16. The molecule has 178 valence electrons. The molecular formula is C26H22F3N5O. The van der Waals surface area contributed by atoms with Crippen molar-refractivity contribution in [3.8, 4) is 11.1 Å². The predicted molar refractivity (Wildman–Crippen MR) is 129 cm³/mol. The standard InChI is InChI=1S/C26H22F3N5O/c1-30-21-8-10-22(11-9-21)33(15-14-32(2)3)25(35)19-12-13-34-24(16-19)23(17-31-34)18-4-6-20(7-5-18)26(27,28)29/h4-13,16-17H,14-15H2,2-3H3. The number of carbonyl (C=O) groups is 1. The summed E-state index contributed by atoms with van der Waals surface area (Å²) in [7, 11) is 3.83. The van der Waals surface area contributed by atoms with Crippen LogP contribution in [0.15, 0.2) is 73.1 Å². The van der Waals surface area contributed by atoms with E-state index in [-0.39, 0.29) is 5.91 Å². The molecule has 9 heteroatoms. The molecule has 1 amide bonds. The summed E-state index contributed by atoms with van der Waals surface area (Å²) in [5.74, 6) is -0.232. The number of halogens is 3. The summed E-state index contributed by atoms with van der Waals surface area (Å²) < 4.78 is 40.4. The van der Waals surface area contributed by atoms with Gasteiger partial charge in [0.1, 0.15) is 0 Å². The number of hydrogen-bond donors (Lipinski definition) is 0. The minimum absolute atomic E-state index is 0.232. The van der Waals surface area contributed by atoms with Crippen LogP contribution in [0.2, 0.25) is 0 Å². The molecule has 2 aromatic carbocycles. The van der Waals surface area contributed by atoms with Gasteiger partial charge in [0, 0.05) is 36.1 Å². The SMILES string of the molecule is [C-]#[N+]c1ccc(N(CCN(C)C)C(=O)c2ccn3ncc(-c4ccc(C(F)(F)F)cc4)c3c2)cc1. The van der Waals surface area contributed by atoms with Crippen LogP contribution in [0.25, 0.3) is 21.5 Å². The van der Waals surface area contributed by atoms with E-state index in [0.717, 1.165) is 12.1 Å². The molecule has 0 radical (unpaired) electrons. The quantitative estimate of drug-likeness (QED) is 0.331. The van der Waals surface area contributed by atoms with Crippen LogP contribution < -0.4 is 4.90 Å². The Morgan fingerprint density at radius 2 is 1.71 bits per heavy atom. The van der Waals surface area contributed by atoms with Crippen LogP contribution in [-0.4, -0.2) is 47.6 Å². The van der Waals surface area contributed by atoms with E-state index in [1.807, 2.05) is 19.0 Å². The Morgan fingerprint density at radius 3 is 2.31 bits per heavy atom. The third-order valence-corrected chi connectivity index (χ3v) is 5.60. The van der Waals surface area contributed by atoms with E-state index < -0.39 is 11.7 Å². The van der Waals surface area contributed by atoms with Crippen LogP contribution in [-0.2, 0) is 6.18 Å². The molecule has 0 N–H and O–H groups in total. The average molecular weight is 477 g/mol. The lowest BCUT2D eigenvalue weighted by atomic mass is 10.0. The molecule has 0 aliphatic rings. The van der Waals surface area contributed by atoms with Crippen molar-refractivity contribution >= 4 is 22.8 Å². The van der Waals surface area contributed by atoms with Crippen molar-refractivity contribution in [3.63, 3.8) is 0 Å². The monoisotopic (exact) mass is 477 g/mol. The van der Waals surface area contributed by atoms with Crippen molar-refractivity contribution in [2.45, 2.75) is 6.18 Å². The molecule has 6 nitrogen and oxygen atoms in total. The molecule has 4 rings (SSSR count). The highest BCUT2D eigenvalue weighted by Crippen LogP contribution is 2.32. The van der Waals surface area contributed by atoms with Crippen LogP contribution in [0.1, 0.15) is 15.9 Å². The topological polar surface area (TPSA) is 45.2 Å². The van der Waals surface area contributed by atoms with Gasteiger partial charge in [0.25, 0.3) is 5.91 Å². The summed E-state index contributed by atoms with van der Waals surface area (Å²) in [4.78, 5) is 20.6. The Balaban J connectivity index is 1.70. The zero-order valence-corrected chi connectivity index (χ0v) is 19.1. The zero-order valence-electron chi connectivity index (χ0n) is 19.1. The number of anilines is 1. The summed E-state index contributed by atoms with van der Waals surface area (Å²) in [6.45, 7) is 8.20. The lowest BCUT2D eigenvalue weighted by Crippen LogP contribution is -2.36. The third-order valence-electron chi connectivity index (χ3n) is 5.60. The first-order valence-corrected chi connectivity index (χ1v) is 10.8. The number of nitrogens with zero attached hydrogens (tertiary/aromatic N) is 5. The average Bonchev–Trinajstić information content (AvgIpc) is 3.27. The van der Waals surface area contributed by atoms with Gasteiger partial charge in [-0.15, -0.1) is 0 Å². The molecule has 2 heterocycles. The van der Waals surface area contributed by atoms with Crippen molar-refractivity contribution in [2.24, 2.45) is 0 Å². The maximum absolute atomic E-state index is 13.6. The first kappa shape index (κ1) is 24.0. The van der Waals surface area contributed by atoms with Gasteiger partial charge in [-0.05, 0) is 56.1 Å². The Morgan fingerprint density at radius 1 is 1.03 bits per heavy atom. The van der Waals surface area contributed by atoms with Gasteiger partial charge in [0.2, 0.25) is 0 Å². The first-order chi connectivity index (χ1) is 16.7. The lowest BCUT2D eigenvalue weighted by Gasteiger charge is -2.25. The lowest BCUT2D eigenvalue weighted by molar-refractivity contribution is -0.137. The second-order valence-corrected chi connectivity index (χ2v) is 8.27. The van der Waals surface area contributed by atoms with E-state index in [4.69, 9.17) is 6.57 Å². The van der Waals surface area contributed by atoms with E-state index in [0.29, 0.717) is 46.7 Å². The third kappa shape index (κ3) is 5.18. The number of amides is 1. The van der Waals surface area contributed by atoms with Gasteiger partial charge >= 0.3 is 6.18 Å². The molecular weight excluding hydrogens is 455 g/mol. The minimum Gasteiger partial charge on any atom is -0.308 e. The van der Waals surface area contributed by atoms with Crippen molar-refractivity contribution in [3.05, 3.63) is 95.6 Å². The highest BCUT2D eigenvalue weighted by Gasteiger charge is 2.30. The number of benzene rings is 2. The van der Waals surface area contributed by atoms with Crippen molar-refractivity contribution < 1.29 is 18.0 Å². The van der Waals surface area contributed by atoms with Crippen LogP contribution in [0.5, 0.6) is 0 Å². The summed E-state index contributed by atoms with van der Waals surface area (Å²) in [6, 6.07) is 15.0. The van der Waals surface area contributed by atoms with Crippen molar-refractivity contribution in [1.82, 2.24) is 14.5 Å². The zero-order chi connectivity index (χ0) is 25.2. The summed E-state index contributed by atoms with van der Waals surface area (Å²) in [5.41, 5.74) is 2.63. The fourth-order valence-corrected chi connectivity index (χ4v) is 3.69. The van der Waals surface area contributed by atoms with Crippen molar-refractivity contribution in [2.75, 3.05) is 32.1 Å². The van der Waals surface area contributed by atoms with Crippen LogP contribution in [0.3, 0.4) is 0 Å². The fourth-order valence-electron chi connectivity index (χ4n) is 3.69. The van der Waals surface area contributed by atoms with Gasteiger partial charge in [0.05, 0.1) is 23.8 Å². The number of alkyl halides is 3. The maximum atomic E-state index is 13.6. The van der Waals surface area contributed by atoms with Crippen LogP contribution >= 0.6 is 0 Å². The normalized spacial score (nSPS) is 11.6. The van der Waals surface area contributed by atoms with Gasteiger partial charge in [-0.3, -0.25) is 4.79 Å². The molecule has 0 aliphatic carbocycles. The first-order valence-electron chi connectivity index (χ1n) is 10.8. The van der Waals surface area contributed by atoms with E-state index in [2.05, 4.69) is 9.94 Å². The smallest absolute Gasteiger partial charge is 0.308 e. The van der Waals surface area contributed by atoms with Gasteiger partial charge in [-0.25, -0.2) is 9.36 Å². The summed E-state index contributed by atoms with van der Waals surface area (Å²) in [5, 5.41) is 4.28. The molecule has 4 aromatic rings. The van der Waals surface area contributed by atoms with E-state index in [1.165, 1.54) is 12.1 Å². The molecule has 35 heavy (non-hydrogen) atoms. The molecule has 0 fully saturated rings. The molecule has 0 aliphatic heterocycles. The van der Waals surface area contributed by atoms with Gasteiger partial charge in [-0.1, -0.05) is 24.3 Å². The number of fused-ring (bicyclic) bond motifs is 1. The summed E-state index contributed by atoms with van der Waals surface area (Å²) in [6.07, 6.45) is -1.19. The highest BCUT2D eigenvalue weighted by molar-refractivity contribution is 6.07. The molecule has 0 saturated carbocycles.